The summed E-state index contributed by atoms with van der Waals surface area (Å²) in [6.07, 6.45) is 0.824. The Bertz CT molecular complexity index is 949. The Morgan fingerprint density at radius 2 is 1.56 bits per heavy atom. The van der Waals surface area contributed by atoms with Crippen LogP contribution in [0.5, 0.6) is 0 Å². The van der Waals surface area contributed by atoms with Gasteiger partial charge in [-0.1, -0.05) is 30.3 Å². The van der Waals surface area contributed by atoms with Crippen molar-refractivity contribution >= 4 is 29.4 Å². The van der Waals surface area contributed by atoms with E-state index in [2.05, 4.69) is 0 Å². The molecule has 1 unspecified atom stereocenters. The van der Waals surface area contributed by atoms with E-state index in [1.165, 1.54) is 17.0 Å². The lowest BCUT2D eigenvalue weighted by molar-refractivity contribution is -0.140. The second-order valence-corrected chi connectivity index (χ2v) is 6.53. The molecule has 0 aromatic heterocycles. The summed E-state index contributed by atoms with van der Waals surface area (Å²) in [6.45, 7) is -0.496. The summed E-state index contributed by atoms with van der Waals surface area (Å²) in [6, 6.07) is 12.4. The van der Waals surface area contributed by atoms with Crippen LogP contribution in [0.4, 0.5) is 5.69 Å². The molecular formula is C20H16N2O5. The van der Waals surface area contributed by atoms with Crippen LogP contribution in [0.2, 0.25) is 0 Å². The smallest absolute Gasteiger partial charge is 0.326 e. The van der Waals surface area contributed by atoms with Crippen molar-refractivity contribution in [2.24, 2.45) is 0 Å². The molecule has 2 heterocycles. The number of amides is 3. The van der Waals surface area contributed by atoms with Crippen LogP contribution in [0.1, 0.15) is 32.7 Å². The molecule has 1 N–H and O–H groups in total. The number of benzene rings is 2. The minimum atomic E-state index is -1.11. The zero-order valence-electron chi connectivity index (χ0n) is 14.3. The monoisotopic (exact) mass is 364 g/mol. The van der Waals surface area contributed by atoms with Gasteiger partial charge in [0.15, 0.2) is 0 Å². The molecule has 0 saturated carbocycles. The van der Waals surface area contributed by atoms with Crippen molar-refractivity contribution in [3.8, 4) is 0 Å². The summed E-state index contributed by atoms with van der Waals surface area (Å²) in [5.74, 6) is -2.79. The summed E-state index contributed by atoms with van der Waals surface area (Å²) in [5, 5.41) is 9.55. The number of imide groups is 1. The van der Waals surface area contributed by atoms with Crippen LogP contribution in [0.3, 0.4) is 0 Å². The number of carbonyl (C=O) groups excluding carboxylic acids is 3. The van der Waals surface area contributed by atoms with Crippen molar-refractivity contribution < 1.29 is 24.3 Å². The topological polar surface area (TPSA) is 95.0 Å². The number of hydrogen-bond acceptors (Lipinski definition) is 4. The number of aryl methyl sites for hydroxylation is 1. The van der Waals surface area contributed by atoms with Gasteiger partial charge in [-0.2, -0.15) is 0 Å². The molecule has 7 heteroatoms. The Labute approximate surface area is 154 Å². The lowest BCUT2D eigenvalue weighted by atomic mass is 9.95. The van der Waals surface area contributed by atoms with Crippen molar-refractivity contribution in [1.82, 2.24) is 4.90 Å². The largest absolute Gasteiger partial charge is 0.480 e. The summed E-state index contributed by atoms with van der Waals surface area (Å²) >= 11 is 0. The van der Waals surface area contributed by atoms with Gasteiger partial charge in [-0.15, -0.1) is 0 Å². The molecular weight excluding hydrogens is 348 g/mol. The molecule has 2 aliphatic rings. The third-order valence-electron chi connectivity index (χ3n) is 4.98. The highest BCUT2D eigenvalue weighted by atomic mass is 16.4. The lowest BCUT2D eigenvalue weighted by Crippen LogP contribution is -2.52. The zero-order valence-corrected chi connectivity index (χ0v) is 14.3. The summed E-state index contributed by atoms with van der Waals surface area (Å²) in [5.41, 5.74) is 1.89. The fourth-order valence-electron chi connectivity index (χ4n) is 3.68. The summed E-state index contributed by atoms with van der Waals surface area (Å²) in [7, 11) is 0. The number of carbonyl (C=O) groups is 4. The van der Waals surface area contributed by atoms with Crippen LogP contribution < -0.4 is 4.90 Å². The first-order chi connectivity index (χ1) is 13.0. The molecule has 0 bridgehead atoms. The molecule has 0 fully saturated rings. The molecule has 2 aliphatic heterocycles. The first-order valence-corrected chi connectivity index (χ1v) is 8.57. The van der Waals surface area contributed by atoms with Gasteiger partial charge in [-0.3, -0.25) is 24.2 Å². The molecule has 7 nitrogen and oxygen atoms in total. The standard InChI is InChI=1S/C20H16N2O5/c23-17(11-21-18(24)13-6-2-3-7-14(13)19(21)25)22-15-8-4-1-5-12(15)9-10-16(22)20(26)27/h1-8,16H,9-11H2,(H,26,27). The lowest BCUT2D eigenvalue weighted by Gasteiger charge is -2.35. The van der Waals surface area contributed by atoms with E-state index in [0.717, 1.165) is 10.5 Å². The quantitative estimate of drug-likeness (QED) is 0.837. The molecule has 2 aromatic carbocycles. The van der Waals surface area contributed by atoms with Crippen LogP contribution in [-0.4, -0.2) is 46.3 Å². The second-order valence-electron chi connectivity index (χ2n) is 6.53. The number of fused-ring (bicyclic) bond motifs is 2. The van der Waals surface area contributed by atoms with Crippen LogP contribution in [0, 0.1) is 0 Å². The first kappa shape index (κ1) is 17.0. The predicted molar refractivity (Wildman–Crippen MR) is 95.5 cm³/mol. The van der Waals surface area contributed by atoms with Gasteiger partial charge in [0.2, 0.25) is 5.91 Å². The SMILES string of the molecule is O=C(O)C1CCc2ccccc2N1C(=O)CN1C(=O)c2ccccc2C1=O. The van der Waals surface area contributed by atoms with Crippen molar-refractivity contribution in [3.05, 3.63) is 65.2 Å². The van der Waals surface area contributed by atoms with Gasteiger partial charge in [-0.25, -0.2) is 4.79 Å². The van der Waals surface area contributed by atoms with Crippen LogP contribution >= 0.6 is 0 Å². The number of anilines is 1. The highest BCUT2D eigenvalue weighted by Crippen LogP contribution is 2.31. The molecule has 27 heavy (non-hydrogen) atoms. The number of rotatable bonds is 3. The van der Waals surface area contributed by atoms with Gasteiger partial charge in [0, 0.05) is 5.69 Å². The van der Waals surface area contributed by atoms with Crippen molar-refractivity contribution in [2.45, 2.75) is 18.9 Å². The van der Waals surface area contributed by atoms with Crippen LogP contribution in [0.25, 0.3) is 0 Å². The number of hydrogen-bond donors (Lipinski definition) is 1. The zero-order chi connectivity index (χ0) is 19.1. The molecule has 1 atom stereocenters. The normalized spacial score (nSPS) is 18.3. The van der Waals surface area contributed by atoms with E-state index < -0.39 is 36.3 Å². The van der Waals surface area contributed by atoms with E-state index in [0.29, 0.717) is 12.1 Å². The fourth-order valence-corrected chi connectivity index (χ4v) is 3.68. The third-order valence-corrected chi connectivity index (χ3v) is 4.98. The Kier molecular flexibility index (Phi) is 3.99. The molecule has 0 aliphatic carbocycles. The number of carboxylic acids is 1. The highest BCUT2D eigenvalue weighted by Gasteiger charge is 2.40. The van der Waals surface area contributed by atoms with E-state index in [1.807, 2.05) is 12.1 Å². The number of nitrogens with zero attached hydrogens (tertiary/aromatic N) is 2. The van der Waals surface area contributed by atoms with Gasteiger partial charge in [-0.05, 0) is 36.6 Å². The third kappa shape index (κ3) is 2.68. The molecule has 0 saturated heterocycles. The molecule has 0 radical (unpaired) electrons. The molecule has 0 spiro atoms. The first-order valence-electron chi connectivity index (χ1n) is 8.57. The maximum atomic E-state index is 13.0. The fraction of sp³-hybridized carbons (Fsp3) is 0.200. The van der Waals surface area contributed by atoms with Crippen molar-refractivity contribution in [3.63, 3.8) is 0 Å². The molecule has 4 rings (SSSR count). The Morgan fingerprint density at radius 1 is 0.963 bits per heavy atom. The number of carboxylic acid groups (broad SMARTS) is 1. The van der Waals surface area contributed by atoms with E-state index in [-0.39, 0.29) is 17.5 Å². The average Bonchev–Trinajstić information content (AvgIpc) is 2.92. The van der Waals surface area contributed by atoms with E-state index in [4.69, 9.17) is 0 Å². The molecule has 2 aromatic rings. The second kappa shape index (κ2) is 6.35. The van der Waals surface area contributed by atoms with E-state index >= 15 is 0 Å². The average molecular weight is 364 g/mol. The van der Waals surface area contributed by atoms with Gasteiger partial charge in [0.25, 0.3) is 11.8 Å². The van der Waals surface area contributed by atoms with Crippen molar-refractivity contribution in [1.29, 1.82) is 0 Å². The molecule has 3 amide bonds. The van der Waals surface area contributed by atoms with E-state index in [9.17, 15) is 24.3 Å². The van der Waals surface area contributed by atoms with Gasteiger partial charge in [0.05, 0.1) is 11.1 Å². The van der Waals surface area contributed by atoms with E-state index in [1.54, 1.807) is 24.3 Å². The van der Waals surface area contributed by atoms with Crippen molar-refractivity contribution in [2.75, 3.05) is 11.4 Å². The number of para-hydroxylation sites is 1. The van der Waals surface area contributed by atoms with Gasteiger partial charge >= 0.3 is 5.97 Å². The highest BCUT2D eigenvalue weighted by molar-refractivity contribution is 6.23. The van der Waals surface area contributed by atoms with Crippen LogP contribution in [-0.2, 0) is 16.0 Å². The van der Waals surface area contributed by atoms with Gasteiger partial charge < -0.3 is 5.11 Å². The Hall–Kier alpha value is -3.48. The predicted octanol–water partition coefficient (Wildman–Crippen LogP) is 1.72. The van der Waals surface area contributed by atoms with Gasteiger partial charge in [0.1, 0.15) is 12.6 Å². The van der Waals surface area contributed by atoms with Crippen LogP contribution in [0.15, 0.2) is 48.5 Å². The number of aliphatic carboxylic acids is 1. The minimum Gasteiger partial charge on any atom is -0.480 e. The maximum Gasteiger partial charge on any atom is 0.326 e. The maximum absolute atomic E-state index is 13.0. The Balaban J connectivity index is 1.65. The summed E-state index contributed by atoms with van der Waals surface area (Å²) < 4.78 is 0. The summed E-state index contributed by atoms with van der Waals surface area (Å²) in [4.78, 5) is 51.8. The minimum absolute atomic E-state index is 0.254. The molecule has 136 valence electrons. The Morgan fingerprint density at radius 3 is 2.19 bits per heavy atom.